The zero-order valence-corrected chi connectivity index (χ0v) is 27.8. The fourth-order valence-corrected chi connectivity index (χ4v) is 11.9. The quantitative estimate of drug-likeness (QED) is 0.199. The standard InChI is InChI=1S/C45H45N/c1-43(2)22-23-44(3,4)42-36(43)18-11-21-40(42)46(38-19-9-13-29-12-5-6-14-32(29)38)39-20-10-17-35-41(39)33-15-7-8-16-34(33)45(35)31-25-28-24-30(27-31)37(45)26-28/h5-21,28,30-31,37H,22-27H2,1-4H3. The van der Waals surface area contributed by atoms with Crippen molar-refractivity contribution in [2.24, 2.45) is 23.7 Å². The predicted molar refractivity (Wildman–Crippen MR) is 193 cm³/mol. The van der Waals surface area contributed by atoms with E-state index < -0.39 is 0 Å². The van der Waals surface area contributed by atoms with Crippen LogP contribution in [0.3, 0.4) is 0 Å². The van der Waals surface area contributed by atoms with E-state index in [1.807, 2.05) is 0 Å². The Morgan fingerprint density at radius 2 is 1.24 bits per heavy atom. The summed E-state index contributed by atoms with van der Waals surface area (Å²) < 4.78 is 0. The molecule has 5 unspecified atom stereocenters. The normalized spacial score (nSPS) is 28.8. The molecule has 6 aliphatic carbocycles. The minimum atomic E-state index is 0.0742. The smallest absolute Gasteiger partial charge is 0.0543 e. The minimum Gasteiger partial charge on any atom is -0.309 e. The van der Waals surface area contributed by atoms with Gasteiger partial charge in [-0.2, -0.15) is 0 Å². The molecule has 46 heavy (non-hydrogen) atoms. The van der Waals surface area contributed by atoms with Gasteiger partial charge in [0.05, 0.1) is 17.1 Å². The third-order valence-electron chi connectivity index (χ3n) is 13.7. The van der Waals surface area contributed by atoms with Crippen LogP contribution in [0.2, 0.25) is 0 Å². The lowest BCUT2D eigenvalue weighted by Gasteiger charge is -2.45. The average molecular weight is 600 g/mol. The highest BCUT2D eigenvalue weighted by Gasteiger charge is 2.66. The summed E-state index contributed by atoms with van der Waals surface area (Å²) in [5.41, 5.74) is 13.6. The molecule has 0 heterocycles. The van der Waals surface area contributed by atoms with Gasteiger partial charge in [0, 0.05) is 16.4 Å². The average Bonchev–Trinajstić information content (AvgIpc) is 3.61. The van der Waals surface area contributed by atoms with E-state index in [9.17, 15) is 0 Å². The highest BCUT2D eigenvalue weighted by molar-refractivity contribution is 6.03. The molecule has 4 saturated carbocycles. The predicted octanol–water partition coefficient (Wildman–Crippen LogP) is 12.0. The summed E-state index contributed by atoms with van der Waals surface area (Å²) in [4.78, 5) is 2.70. The molecule has 4 fully saturated rings. The summed E-state index contributed by atoms with van der Waals surface area (Å²) in [6, 6.07) is 40.1. The summed E-state index contributed by atoms with van der Waals surface area (Å²) in [7, 11) is 0. The zero-order valence-electron chi connectivity index (χ0n) is 27.8. The van der Waals surface area contributed by atoms with Crippen LogP contribution in [0.15, 0.2) is 103 Å². The maximum Gasteiger partial charge on any atom is 0.0543 e. The molecule has 5 atom stereocenters. The summed E-state index contributed by atoms with van der Waals surface area (Å²) in [5, 5.41) is 2.61. The summed E-state index contributed by atoms with van der Waals surface area (Å²) in [5.74, 6) is 3.39. The van der Waals surface area contributed by atoms with Gasteiger partial charge in [-0.15, -0.1) is 0 Å². The van der Waals surface area contributed by atoms with Gasteiger partial charge in [-0.05, 0) is 124 Å². The lowest BCUT2D eigenvalue weighted by molar-refractivity contribution is 0.191. The first-order valence-corrected chi connectivity index (χ1v) is 17.9. The van der Waals surface area contributed by atoms with Gasteiger partial charge in [0.1, 0.15) is 0 Å². The van der Waals surface area contributed by atoms with E-state index in [0.29, 0.717) is 0 Å². The van der Waals surface area contributed by atoms with Crippen molar-refractivity contribution in [2.75, 3.05) is 4.90 Å². The topological polar surface area (TPSA) is 3.24 Å². The van der Waals surface area contributed by atoms with Crippen molar-refractivity contribution in [3.05, 3.63) is 125 Å². The van der Waals surface area contributed by atoms with Crippen LogP contribution >= 0.6 is 0 Å². The van der Waals surface area contributed by atoms with Gasteiger partial charge in [-0.1, -0.05) is 113 Å². The van der Waals surface area contributed by atoms with Gasteiger partial charge in [0.2, 0.25) is 0 Å². The molecule has 0 amide bonds. The molecule has 5 aromatic carbocycles. The van der Waals surface area contributed by atoms with Gasteiger partial charge in [0.15, 0.2) is 0 Å². The largest absolute Gasteiger partial charge is 0.309 e. The van der Waals surface area contributed by atoms with Crippen LogP contribution < -0.4 is 4.90 Å². The number of hydrogen-bond acceptors (Lipinski definition) is 1. The summed E-state index contributed by atoms with van der Waals surface area (Å²) >= 11 is 0. The van der Waals surface area contributed by atoms with E-state index in [0.717, 1.165) is 23.7 Å². The molecule has 11 rings (SSSR count). The van der Waals surface area contributed by atoms with E-state index in [4.69, 9.17) is 0 Å². The maximum absolute atomic E-state index is 2.70. The molecule has 0 N–H and O–H groups in total. The Bertz CT molecular complexity index is 2050. The summed E-state index contributed by atoms with van der Waals surface area (Å²) in [6.07, 6.45) is 8.12. The van der Waals surface area contributed by atoms with Crippen molar-refractivity contribution < 1.29 is 0 Å². The lowest BCUT2D eigenvalue weighted by Crippen LogP contribution is -2.40. The first kappa shape index (κ1) is 27.3. The van der Waals surface area contributed by atoms with Crippen LogP contribution in [-0.4, -0.2) is 0 Å². The third kappa shape index (κ3) is 3.37. The highest BCUT2D eigenvalue weighted by atomic mass is 15.2. The monoisotopic (exact) mass is 599 g/mol. The molecule has 0 aromatic heterocycles. The second kappa shape index (κ2) is 9.15. The molecule has 1 heteroatoms. The van der Waals surface area contributed by atoms with Crippen LogP contribution in [-0.2, 0) is 16.2 Å². The molecule has 4 bridgehead atoms. The Balaban J connectivity index is 1.31. The van der Waals surface area contributed by atoms with Gasteiger partial charge < -0.3 is 4.90 Å². The van der Waals surface area contributed by atoms with Crippen molar-refractivity contribution in [1.82, 2.24) is 0 Å². The molecular formula is C45H45N. The van der Waals surface area contributed by atoms with E-state index in [1.54, 1.807) is 11.1 Å². The molecule has 0 aliphatic heterocycles. The lowest BCUT2D eigenvalue weighted by atomic mass is 9.59. The number of nitrogens with zero attached hydrogens (tertiary/aromatic N) is 1. The van der Waals surface area contributed by atoms with Crippen molar-refractivity contribution in [1.29, 1.82) is 0 Å². The first-order valence-electron chi connectivity index (χ1n) is 17.9. The maximum atomic E-state index is 2.70. The Morgan fingerprint density at radius 3 is 2.11 bits per heavy atom. The van der Waals surface area contributed by atoms with Crippen LogP contribution in [0, 0.1) is 23.7 Å². The molecule has 1 nitrogen and oxygen atoms in total. The third-order valence-corrected chi connectivity index (χ3v) is 13.7. The molecule has 5 aromatic rings. The van der Waals surface area contributed by atoms with Gasteiger partial charge >= 0.3 is 0 Å². The second-order valence-electron chi connectivity index (χ2n) is 16.8. The van der Waals surface area contributed by atoms with Gasteiger partial charge in [-0.25, -0.2) is 0 Å². The summed E-state index contributed by atoms with van der Waals surface area (Å²) in [6.45, 7) is 9.88. The van der Waals surface area contributed by atoms with Gasteiger partial charge in [0.25, 0.3) is 0 Å². The Labute approximate surface area is 274 Å². The first-order chi connectivity index (χ1) is 22.3. The minimum absolute atomic E-state index is 0.0742. The number of anilines is 3. The number of fused-ring (bicyclic) bond motifs is 5. The van der Waals surface area contributed by atoms with Crippen molar-refractivity contribution in [3.8, 4) is 11.1 Å². The van der Waals surface area contributed by atoms with Crippen LogP contribution in [0.4, 0.5) is 17.1 Å². The van der Waals surface area contributed by atoms with Crippen LogP contribution in [0.5, 0.6) is 0 Å². The molecule has 1 spiro atoms. The van der Waals surface area contributed by atoms with E-state index >= 15 is 0 Å². The molecule has 0 saturated heterocycles. The molecule has 0 radical (unpaired) electrons. The Kier molecular flexibility index (Phi) is 5.43. The fraction of sp³-hybridized carbons (Fsp3) is 0.378. The fourth-order valence-electron chi connectivity index (χ4n) is 11.9. The van der Waals surface area contributed by atoms with E-state index in [-0.39, 0.29) is 16.2 Å². The van der Waals surface area contributed by atoms with Crippen molar-refractivity contribution in [3.63, 3.8) is 0 Å². The van der Waals surface area contributed by atoms with E-state index in [1.165, 1.54) is 88.6 Å². The van der Waals surface area contributed by atoms with E-state index in [2.05, 4.69) is 136 Å². The number of benzene rings is 5. The van der Waals surface area contributed by atoms with Crippen LogP contribution in [0.25, 0.3) is 21.9 Å². The molecule has 6 aliphatic rings. The Hall–Kier alpha value is -3.84. The SMILES string of the molecule is CC1(C)CCC(C)(C)c2c(N(c3cccc4c3-c3ccccc3C43C4CC5CC(C4)C3C5)c3cccc4ccccc34)cccc21. The van der Waals surface area contributed by atoms with Crippen LogP contribution in [0.1, 0.15) is 88.5 Å². The number of rotatable bonds is 3. The van der Waals surface area contributed by atoms with Crippen molar-refractivity contribution in [2.45, 2.75) is 82.5 Å². The zero-order chi connectivity index (χ0) is 31.0. The number of hydrogen-bond donors (Lipinski definition) is 0. The second-order valence-corrected chi connectivity index (χ2v) is 16.8. The van der Waals surface area contributed by atoms with Gasteiger partial charge in [-0.3, -0.25) is 0 Å². The molecular weight excluding hydrogens is 555 g/mol. The van der Waals surface area contributed by atoms with Crippen molar-refractivity contribution >= 4 is 27.8 Å². The highest BCUT2D eigenvalue weighted by Crippen LogP contribution is 2.73. The Morgan fingerprint density at radius 1 is 0.565 bits per heavy atom. The molecule has 230 valence electrons.